The largest absolute Gasteiger partial charge is 0.370 e. The standard InChI is InChI=1S/C19H19ClFN3O2/c1-11(25)22-17-9-8-15(10-16(17)20)23-18(19(26)24-14-6-7-14)12-2-4-13(21)5-3-12/h2-5,8-10,14,18,23H,6-7H2,1H3,(H,22,25)(H,24,26)/t18-/m1/s1. The van der Waals surface area contributed by atoms with Crippen molar-refractivity contribution in [3.05, 3.63) is 58.9 Å². The quantitative estimate of drug-likeness (QED) is 0.717. The second kappa shape index (κ2) is 7.74. The van der Waals surface area contributed by atoms with E-state index in [0.717, 1.165) is 12.8 Å². The number of amides is 2. The van der Waals surface area contributed by atoms with Gasteiger partial charge in [-0.1, -0.05) is 23.7 Å². The van der Waals surface area contributed by atoms with Crippen molar-refractivity contribution in [2.75, 3.05) is 10.6 Å². The number of carbonyl (C=O) groups excluding carboxylic acids is 2. The highest BCUT2D eigenvalue weighted by Gasteiger charge is 2.28. The van der Waals surface area contributed by atoms with Crippen LogP contribution < -0.4 is 16.0 Å². The van der Waals surface area contributed by atoms with Gasteiger partial charge in [0, 0.05) is 18.7 Å². The van der Waals surface area contributed by atoms with Crippen molar-refractivity contribution < 1.29 is 14.0 Å². The number of nitrogens with one attached hydrogen (secondary N) is 3. The third-order valence-electron chi connectivity index (χ3n) is 3.98. The number of benzene rings is 2. The van der Waals surface area contributed by atoms with Crippen LogP contribution in [0.1, 0.15) is 31.4 Å². The van der Waals surface area contributed by atoms with E-state index in [0.29, 0.717) is 22.0 Å². The lowest BCUT2D eigenvalue weighted by molar-refractivity contribution is -0.122. The lowest BCUT2D eigenvalue weighted by atomic mass is 10.1. The fourth-order valence-electron chi connectivity index (χ4n) is 2.53. The van der Waals surface area contributed by atoms with Crippen LogP contribution in [0.15, 0.2) is 42.5 Å². The lowest BCUT2D eigenvalue weighted by Gasteiger charge is -2.20. The molecule has 0 radical (unpaired) electrons. The first kappa shape index (κ1) is 18.2. The Morgan fingerprint density at radius 3 is 2.42 bits per heavy atom. The van der Waals surface area contributed by atoms with Gasteiger partial charge in [0.1, 0.15) is 11.9 Å². The van der Waals surface area contributed by atoms with E-state index in [1.807, 2.05) is 0 Å². The zero-order valence-corrected chi connectivity index (χ0v) is 14.9. The molecule has 3 rings (SSSR count). The first-order valence-electron chi connectivity index (χ1n) is 8.32. The van der Waals surface area contributed by atoms with Crippen LogP contribution in [-0.2, 0) is 9.59 Å². The highest BCUT2D eigenvalue weighted by atomic mass is 35.5. The molecule has 0 spiro atoms. The van der Waals surface area contributed by atoms with Crippen molar-refractivity contribution in [2.45, 2.75) is 31.8 Å². The maximum atomic E-state index is 13.2. The maximum Gasteiger partial charge on any atom is 0.247 e. The molecular formula is C19H19ClFN3O2. The van der Waals surface area contributed by atoms with Gasteiger partial charge >= 0.3 is 0 Å². The molecule has 0 aliphatic heterocycles. The highest BCUT2D eigenvalue weighted by molar-refractivity contribution is 6.34. The molecule has 2 amide bonds. The summed E-state index contributed by atoms with van der Waals surface area (Å²) in [5.74, 6) is -0.764. The normalized spacial score (nSPS) is 14.4. The molecule has 3 N–H and O–H groups in total. The number of rotatable bonds is 6. The Hall–Kier alpha value is -2.60. The number of carbonyl (C=O) groups is 2. The van der Waals surface area contributed by atoms with E-state index in [1.54, 1.807) is 30.3 Å². The molecule has 0 heterocycles. The van der Waals surface area contributed by atoms with Gasteiger partial charge in [0.15, 0.2) is 0 Å². The molecule has 0 aromatic heterocycles. The smallest absolute Gasteiger partial charge is 0.247 e. The fraction of sp³-hybridized carbons (Fsp3) is 0.263. The zero-order valence-electron chi connectivity index (χ0n) is 14.2. The fourth-order valence-corrected chi connectivity index (χ4v) is 2.76. The Morgan fingerprint density at radius 1 is 1.15 bits per heavy atom. The van der Waals surface area contributed by atoms with Crippen LogP contribution >= 0.6 is 11.6 Å². The van der Waals surface area contributed by atoms with Crippen LogP contribution in [0.5, 0.6) is 0 Å². The molecule has 2 aromatic carbocycles. The van der Waals surface area contributed by atoms with Crippen molar-refractivity contribution in [3.63, 3.8) is 0 Å². The highest BCUT2D eigenvalue weighted by Crippen LogP contribution is 2.29. The Bertz CT molecular complexity index is 822. The van der Waals surface area contributed by atoms with Gasteiger partial charge in [-0.2, -0.15) is 0 Å². The zero-order chi connectivity index (χ0) is 18.7. The molecule has 0 saturated heterocycles. The minimum Gasteiger partial charge on any atom is -0.370 e. The van der Waals surface area contributed by atoms with Crippen LogP contribution in [0.4, 0.5) is 15.8 Å². The molecule has 136 valence electrons. The summed E-state index contributed by atoms with van der Waals surface area (Å²) in [5, 5.41) is 9.07. The van der Waals surface area contributed by atoms with Gasteiger partial charge in [-0.15, -0.1) is 0 Å². The summed E-state index contributed by atoms with van der Waals surface area (Å²) in [4.78, 5) is 23.8. The van der Waals surface area contributed by atoms with E-state index >= 15 is 0 Å². The molecule has 7 heteroatoms. The molecule has 2 aromatic rings. The van der Waals surface area contributed by atoms with Gasteiger partial charge in [0.25, 0.3) is 0 Å². The summed E-state index contributed by atoms with van der Waals surface area (Å²) >= 11 is 6.19. The van der Waals surface area contributed by atoms with Gasteiger partial charge in [-0.3, -0.25) is 9.59 Å². The van der Waals surface area contributed by atoms with Gasteiger partial charge < -0.3 is 16.0 Å². The van der Waals surface area contributed by atoms with E-state index in [4.69, 9.17) is 11.6 Å². The van der Waals surface area contributed by atoms with Crippen LogP contribution in [0.2, 0.25) is 5.02 Å². The topological polar surface area (TPSA) is 70.2 Å². The van der Waals surface area contributed by atoms with Gasteiger partial charge in [0.05, 0.1) is 10.7 Å². The summed E-state index contributed by atoms with van der Waals surface area (Å²) < 4.78 is 13.2. The minimum atomic E-state index is -0.682. The van der Waals surface area contributed by atoms with E-state index in [2.05, 4.69) is 16.0 Å². The van der Waals surface area contributed by atoms with Gasteiger partial charge in [-0.25, -0.2) is 4.39 Å². The molecule has 0 bridgehead atoms. The van der Waals surface area contributed by atoms with E-state index in [1.165, 1.54) is 19.1 Å². The average molecular weight is 376 g/mol. The Labute approximate surface area is 155 Å². The van der Waals surface area contributed by atoms with E-state index < -0.39 is 6.04 Å². The maximum absolute atomic E-state index is 13.2. The molecule has 1 atom stereocenters. The van der Waals surface area contributed by atoms with Crippen molar-refractivity contribution in [2.24, 2.45) is 0 Å². The monoisotopic (exact) mass is 375 g/mol. The SMILES string of the molecule is CC(=O)Nc1ccc(N[C@@H](C(=O)NC2CC2)c2ccc(F)cc2)cc1Cl. The third-order valence-corrected chi connectivity index (χ3v) is 4.29. The van der Waals surface area contributed by atoms with Crippen molar-refractivity contribution in [1.29, 1.82) is 0 Å². The van der Waals surface area contributed by atoms with E-state index in [-0.39, 0.29) is 23.7 Å². The van der Waals surface area contributed by atoms with Crippen molar-refractivity contribution >= 4 is 34.8 Å². The minimum absolute atomic E-state index is 0.179. The number of hydrogen-bond donors (Lipinski definition) is 3. The number of hydrogen-bond acceptors (Lipinski definition) is 3. The molecule has 1 saturated carbocycles. The molecule has 26 heavy (non-hydrogen) atoms. The first-order chi connectivity index (χ1) is 12.4. The van der Waals surface area contributed by atoms with Crippen molar-refractivity contribution in [1.82, 2.24) is 5.32 Å². The summed E-state index contributed by atoms with van der Waals surface area (Å²) in [6.45, 7) is 1.40. The van der Waals surface area contributed by atoms with Crippen LogP contribution in [0, 0.1) is 5.82 Å². The van der Waals surface area contributed by atoms with Crippen LogP contribution in [-0.4, -0.2) is 17.9 Å². The Morgan fingerprint density at radius 2 is 1.85 bits per heavy atom. The summed E-state index contributed by atoms with van der Waals surface area (Å²) in [7, 11) is 0. The second-order valence-corrected chi connectivity index (χ2v) is 6.69. The Kier molecular flexibility index (Phi) is 5.42. The first-order valence-corrected chi connectivity index (χ1v) is 8.69. The second-order valence-electron chi connectivity index (χ2n) is 6.29. The average Bonchev–Trinajstić information content (AvgIpc) is 3.39. The predicted molar refractivity (Wildman–Crippen MR) is 99.7 cm³/mol. The Balaban J connectivity index is 1.82. The summed E-state index contributed by atoms with van der Waals surface area (Å²) in [6.07, 6.45) is 1.94. The molecule has 1 aliphatic rings. The summed E-state index contributed by atoms with van der Waals surface area (Å²) in [5.41, 5.74) is 1.75. The molecular weight excluding hydrogens is 357 g/mol. The van der Waals surface area contributed by atoms with Crippen molar-refractivity contribution in [3.8, 4) is 0 Å². The molecule has 1 aliphatic carbocycles. The molecule has 5 nitrogen and oxygen atoms in total. The lowest BCUT2D eigenvalue weighted by Crippen LogP contribution is -2.34. The van der Waals surface area contributed by atoms with Gasteiger partial charge in [-0.05, 0) is 48.7 Å². The predicted octanol–water partition coefficient (Wildman–Crippen LogP) is 3.87. The number of halogens is 2. The molecule has 0 unspecified atom stereocenters. The van der Waals surface area contributed by atoms with Crippen LogP contribution in [0.3, 0.4) is 0 Å². The van der Waals surface area contributed by atoms with Gasteiger partial charge in [0.2, 0.25) is 11.8 Å². The molecule has 1 fully saturated rings. The van der Waals surface area contributed by atoms with E-state index in [9.17, 15) is 14.0 Å². The summed E-state index contributed by atoms with van der Waals surface area (Å²) in [6, 6.07) is 10.3. The third kappa shape index (κ3) is 4.73. The number of anilines is 2. The van der Waals surface area contributed by atoms with Crippen LogP contribution in [0.25, 0.3) is 0 Å².